The first-order valence-electron chi connectivity index (χ1n) is 5.93. The highest BCUT2D eigenvalue weighted by Gasteiger charge is 2.05. The predicted molar refractivity (Wildman–Crippen MR) is 75.2 cm³/mol. The van der Waals surface area contributed by atoms with Crippen LogP contribution in [0.1, 0.15) is 22.3 Å². The lowest BCUT2D eigenvalue weighted by Crippen LogP contribution is -1.92. The second kappa shape index (κ2) is 4.25. The van der Waals surface area contributed by atoms with Crippen LogP contribution in [0.3, 0.4) is 0 Å². The van der Waals surface area contributed by atoms with Crippen molar-refractivity contribution in [2.75, 3.05) is 5.73 Å². The Morgan fingerprint density at radius 2 is 1.35 bits per heavy atom. The Bertz CT molecular complexity index is 568. The molecule has 2 N–H and O–H groups in total. The van der Waals surface area contributed by atoms with E-state index in [1.807, 2.05) is 6.07 Å². The van der Waals surface area contributed by atoms with Crippen LogP contribution in [0.25, 0.3) is 11.1 Å². The zero-order valence-electron chi connectivity index (χ0n) is 11.0. The molecule has 0 saturated heterocycles. The maximum Gasteiger partial charge on any atom is 0.0344 e. The quantitative estimate of drug-likeness (QED) is 0.724. The minimum absolute atomic E-state index is 0.857. The molecule has 0 unspecified atom stereocenters. The number of hydrogen-bond donors (Lipinski definition) is 1. The summed E-state index contributed by atoms with van der Waals surface area (Å²) in [7, 11) is 0. The van der Waals surface area contributed by atoms with E-state index < -0.39 is 0 Å². The summed E-state index contributed by atoms with van der Waals surface area (Å²) < 4.78 is 0. The molecule has 0 saturated carbocycles. The largest absolute Gasteiger partial charge is 0.399 e. The van der Waals surface area contributed by atoms with Gasteiger partial charge in [-0.15, -0.1) is 0 Å². The minimum Gasteiger partial charge on any atom is -0.399 e. The normalized spacial score (nSPS) is 10.6. The summed E-state index contributed by atoms with van der Waals surface area (Å²) in [5, 5.41) is 0. The fourth-order valence-corrected chi connectivity index (χ4v) is 2.11. The van der Waals surface area contributed by atoms with Crippen molar-refractivity contribution in [2.24, 2.45) is 0 Å². The highest BCUT2D eigenvalue weighted by molar-refractivity contribution is 5.71. The van der Waals surface area contributed by atoms with Crippen LogP contribution in [0.2, 0.25) is 0 Å². The summed E-state index contributed by atoms with van der Waals surface area (Å²) in [4.78, 5) is 0. The lowest BCUT2D eigenvalue weighted by atomic mass is 9.94. The summed E-state index contributed by atoms with van der Waals surface area (Å²) in [6.45, 7) is 8.52. The molecule has 0 spiro atoms. The van der Waals surface area contributed by atoms with E-state index in [9.17, 15) is 0 Å². The Labute approximate surface area is 103 Å². The summed E-state index contributed by atoms with van der Waals surface area (Å²) in [5.41, 5.74) is 14.4. The maximum absolute atomic E-state index is 5.86. The zero-order valence-corrected chi connectivity index (χ0v) is 11.0. The molecule has 0 fully saturated rings. The number of hydrogen-bond acceptors (Lipinski definition) is 1. The van der Waals surface area contributed by atoms with Gasteiger partial charge in [-0.2, -0.15) is 0 Å². The van der Waals surface area contributed by atoms with Crippen molar-refractivity contribution in [3.63, 3.8) is 0 Å². The molecule has 2 aromatic rings. The molecule has 0 aliphatic carbocycles. The van der Waals surface area contributed by atoms with Crippen LogP contribution in [0.15, 0.2) is 30.3 Å². The van der Waals surface area contributed by atoms with Gasteiger partial charge in [0.15, 0.2) is 0 Å². The maximum atomic E-state index is 5.86. The monoisotopic (exact) mass is 225 g/mol. The van der Waals surface area contributed by atoms with Crippen LogP contribution in [0.4, 0.5) is 5.69 Å². The van der Waals surface area contributed by atoms with Gasteiger partial charge in [0.05, 0.1) is 0 Å². The molecule has 0 aliphatic heterocycles. The third kappa shape index (κ3) is 2.19. The molecule has 0 radical (unpaired) electrons. The molecule has 0 aliphatic rings. The van der Waals surface area contributed by atoms with Gasteiger partial charge in [0.1, 0.15) is 0 Å². The molecule has 17 heavy (non-hydrogen) atoms. The van der Waals surface area contributed by atoms with Crippen molar-refractivity contribution in [1.29, 1.82) is 0 Å². The summed E-state index contributed by atoms with van der Waals surface area (Å²) in [5.74, 6) is 0. The van der Waals surface area contributed by atoms with Crippen molar-refractivity contribution in [3.05, 3.63) is 52.6 Å². The lowest BCUT2D eigenvalue weighted by molar-refractivity contribution is 1.30. The van der Waals surface area contributed by atoms with Crippen LogP contribution in [-0.4, -0.2) is 0 Å². The molecular weight excluding hydrogens is 206 g/mol. The summed E-state index contributed by atoms with van der Waals surface area (Å²) in [6, 6.07) is 10.7. The van der Waals surface area contributed by atoms with E-state index in [4.69, 9.17) is 5.73 Å². The van der Waals surface area contributed by atoms with Gasteiger partial charge in [-0.05, 0) is 73.2 Å². The average molecular weight is 225 g/mol. The number of nitrogens with two attached hydrogens (primary N) is 1. The second-order valence-electron chi connectivity index (χ2n) is 4.82. The Morgan fingerprint density at radius 3 is 2.00 bits per heavy atom. The van der Waals surface area contributed by atoms with Gasteiger partial charge < -0.3 is 5.73 Å². The molecule has 88 valence electrons. The van der Waals surface area contributed by atoms with Crippen LogP contribution >= 0.6 is 0 Å². The van der Waals surface area contributed by atoms with Gasteiger partial charge in [-0.1, -0.05) is 18.2 Å². The van der Waals surface area contributed by atoms with Gasteiger partial charge in [0, 0.05) is 5.69 Å². The molecule has 0 aromatic heterocycles. The minimum atomic E-state index is 0.857. The first kappa shape index (κ1) is 11.7. The fraction of sp³-hybridized carbons (Fsp3) is 0.250. The molecule has 1 heteroatoms. The highest BCUT2D eigenvalue weighted by atomic mass is 14.5. The number of nitrogen functional groups attached to an aromatic ring is 1. The van der Waals surface area contributed by atoms with Gasteiger partial charge in [0.25, 0.3) is 0 Å². The van der Waals surface area contributed by atoms with Crippen molar-refractivity contribution in [2.45, 2.75) is 27.7 Å². The highest BCUT2D eigenvalue weighted by Crippen LogP contribution is 2.28. The van der Waals surface area contributed by atoms with E-state index in [-0.39, 0.29) is 0 Å². The Balaban J connectivity index is 2.60. The molecule has 0 heterocycles. The van der Waals surface area contributed by atoms with Crippen LogP contribution in [0.5, 0.6) is 0 Å². The third-order valence-corrected chi connectivity index (χ3v) is 3.42. The predicted octanol–water partition coefficient (Wildman–Crippen LogP) is 4.17. The Kier molecular flexibility index (Phi) is 2.93. The molecule has 0 atom stereocenters. The fourth-order valence-electron chi connectivity index (χ4n) is 2.11. The molecule has 2 aromatic carbocycles. The smallest absolute Gasteiger partial charge is 0.0344 e. The van der Waals surface area contributed by atoms with Gasteiger partial charge in [0.2, 0.25) is 0 Å². The van der Waals surface area contributed by atoms with Gasteiger partial charge in [-0.3, -0.25) is 0 Å². The third-order valence-electron chi connectivity index (χ3n) is 3.42. The molecule has 0 amide bonds. The van der Waals surface area contributed by atoms with Gasteiger partial charge >= 0.3 is 0 Å². The summed E-state index contributed by atoms with van der Waals surface area (Å²) in [6.07, 6.45) is 0. The average Bonchev–Trinajstić information content (AvgIpc) is 2.27. The van der Waals surface area contributed by atoms with Crippen LogP contribution in [0, 0.1) is 27.7 Å². The standard InChI is InChI=1S/C16H19N/c1-10-7-12(3)15(9-11(10)2)14-5-6-16(17)13(4)8-14/h5-9H,17H2,1-4H3. The second-order valence-corrected chi connectivity index (χ2v) is 4.82. The molecular formula is C16H19N. The Morgan fingerprint density at radius 1 is 0.706 bits per heavy atom. The first-order chi connectivity index (χ1) is 7.99. The Hall–Kier alpha value is -1.76. The first-order valence-corrected chi connectivity index (χ1v) is 5.93. The number of benzene rings is 2. The SMILES string of the molecule is Cc1cc(C)c(-c2ccc(N)c(C)c2)cc1C. The number of aryl methyl sites for hydroxylation is 4. The molecule has 0 bridgehead atoms. The number of rotatable bonds is 1. The van der Waals surface area contributed by atoms with E-state index in [1.165, 1.54) is 27.8 Å². The van der Waals surface area contributed by atoms with Crippen molar-refractivity contribution < 1.29 is 0 Å². The molecule has 1 nitrogen and oxygen atoms in total. The van der Waals surface area contributed by atoms with Crippen LogP contribution < -0.4 is 5.73 Å². The lowest BCUT2D eigenvalue weighted by Gasteiger charge is -2.11. The van der Waals surface area contributed by atoms with Gasteiger partial charge in [-0.25, -0.2) is 0 Å². The van der Waals surface area contributed by atoms with Crippen molar-refractivity contribution in [3.8, 4) is 11.1 Å². The van der Waals surface area contributed by atoms with Crippen LogP contribution in [-0.2, 0) is 0 Å². The van der Waals surface area contributed by atoms with E-state index in [2.05, 4.69) is 52.0 Å². The molecule has 2 rings (SSSR count). The van der Waals surface area contributed by atoms with Crippen molar-refractivity contribution >= 4 is 5.69 Å². The zero-order chi connectivity index (χ0) is 12.6. The summed E-state index contributed by atoms with van der Waals surface area (Å²) >= 11 is 0. The van der Waals surface area contributed by atoms with E-state index in [0.29, 0.717) is 0 Å². The van der Waals surface area contributed by atoms with E-state index in [1.54, 1.807) is 0 Å². The number of anilines is 1. The van der Waals surface area contributed by atoms with E-state index in [0.717, 1.165) is 11.3 Å². The van der Waals surface area contributed by atoms with E-state index >= 15 is 0 Å². The topological polar surface area (TPSA) is 26.0 Å². The van der Waals surface area contributed by atoms with Crippen molar-refractivity contribution in [1.82, 2.24) is 0 Å².